The van der Waals surface area contributed by atoms with Gasteiger partial charge in [-0.3, -0.25) is 9.59 Å². The van der Waals surface area contributed by atoms with Crippen molar-refractivity contribution in [1.29, 1.82) is 0 Å². The van der Waals surface area contributed by atoms with Gasteiger partial charge in [0.2, 0.25) is 5.91 Å². The summed E-state index contributed by atoms with van der Waals surface area (Å²) in [7, 11) is 0. The maximum Gasteiger partial charge on any atom is 0.317 e. The van der Waals surface area contributed by atoms with Crippen LogP contribution in [-0.2, 0) is 9.59 Å². The summed E-state index contributed by atoms with van der Waals surface area (Å²) in [6.07, 6.45) is 0. The summed E-state index contributed by atoms with van der Waals surface area (Å²) >= 11 is 0. The second-order valence-electron chi connectivity index (χ2n) is 4.13. The minimum Gasteiger partial charge on any atom is -0.481 e. The Morgan fingerprint density at radius 3 is 2.69 bits per heavy atom. The summed E-state index contributed by atoms with van der Waals surface area (Å²) in [5.74, 6) is -2.22. The summed E-state index contributed by atoms with van der Waals surface area (Å²) in [5, 5.41) is 8.74. The first-order valence-corrected chi connectivity index (χ1v) is 5.12. The lowest BCUT2D eigenvalue weighted by atomic mass is 9.96. The van der Waals surface area contributed by atoms with Crippen LogP contribution in [0.3, 0.4) is 0 Å². The van der Waals surface area contributed by atoms with Gasteiger partial charge in [0.15, 0.2) is 5.92 Å². The highest BCUT2D eigenvalue weighted by Gasteiger charge is 2.43. The van der Waals surface area contributed by atoms with Crippen LogP contribution in [0.5, 0.6) is 0 Å². The van der Waals surface area contributed by atoms with Crippen LogP contribution in [0.1, 0.15) is 11.1 Å². The third kappa shape index (κ3) is 1.56. The molecule has 1 unspecified atom stereocenters. The fourth-order valence-electron chi connectivity index (χ4n) is 1.84. The third-order valence-electron chi connectivity index (χ3n) is 2.88. The zero-order valence-corrected chi connectivity index (χ0v) is 9.23. The van der Waals surface area contributed by atoms with E-state index >= 15 is 0 Å². The molecule has 1 fully saturated rings. The van der Waals surface area contributed by atoms with Gasteiger partial charge in [-0.2, -0.15) is 0 Å². The number of hydrogen-bond donors (Lipinski definition) is 1. The fraction of sp³-hybridized carbons (Fsp3) is 0.333. The lowest BCUT2D eigenvalue weighted by Gasteiger charge is -2.37. The summed E-state index contributed by atoms with van der Waals surface area (Å²) in [6.45, 7) is 4.14. The third-order valence-corrected chi connectivity index (χ3v) is 2.88. The standard InChI is InChI=1S/C12H13NO3/c1-7-3-4-8(2)10(5-7)13-6-9(11(13)14)12(15)16/h3-5,9H,6H2,1-2H3,(H,15,16). The molecule has 1 heterocycles. The lowest BCUT2D eigenvalue weighted by Crippen LogP contribution is -2.56. The number of carbonyl (C=O) groups excluding carboxylic acids is 1. The SMILES string of the molecule is Cc1ccc(C)c(N2CC(C(=O)O)C2=O)c1. The van der Waals surface area contributed by atoms with Gasteiger partial charge in [0.1, 0.15) is 0 Å². The highest BCUT2D eigenvalue weighted by molar-refractivity contribution is 6.12. The molecule has 0 aliphatic carbocycles. The predicted octanol–water partition coefficient (Wildman–Crippen LogP) is 1.35. The van der Waals surface area contributed by atoms with Crippen molar-refractivity contribution in [2.45, 2.75) is 13.8 Å². The van der Waals surface area contributed by atoms with E-state index in [1.165, 1.54) is 4.90 Å². The predicted molar refractivity (Wildman–Crippen MR) is 59.4 cm³/mol. The van der Waals surface area contributed by atoms with E-state index in [9.17, 15) is 9.59 Å². The number of carboxylic acid groups (broad SMARTS) is 1. The van der Waals surface area contributed by atoms with E-state index in [0.717, 1.165) is 16.8 Å². The zero-order chi connectivity index (χ0) is 11.9. The smallest absolute Gasteiger partial charge is 0.317 e. The summed E-state index contributed by atoms with van der Waals surface area (Å²) < 4.78 is 0. The van der Waals surface area contributed by atoms with Crippen LogP contribution in [0.25, 0.3) is 0 Å². The van der Waals surface area contributed by atoms with Crippen LogP contribution >= 0.6 is 0 Å². The first-order valence-electron chi connectivity index (χ1n) is 5.12. The number of β-lactam (4-membered cyclic amide) rings is 1. The molecule has 0 spiro atoms. The normalized spacial score (nSPS) is 19.5. The molecule has 0 radical (unpaired) electrons. The molecule has 16 heavy (non-hydrogen) atoms. The van der Waals surface area contributed by atoms with Crippen molar-refractivity contribution in [2.75, 3.05) is 11.4 Å². The molecule has 1 atom stereocenters. The van der Waals surface area contributed by atoms with E-state index in [-0.39, 0.29) is 12.5 Å². The molecule has 0 bridgehead atoms. The number of carbonyl (C=O) groups is 2. The topological polar surface area (TPSA) is 57.6 Å². The van der Waals surface area contributed by atoms with Crippen molar-refractivity contribution < 1.29 is 14.7 Å². The number of benzene rings is 1. The highest BCUT2D eigenvalue weighted by Crippen LogP contribution is 2.29. The first-order chi connectivity index (χ1) is 7.50. The number of aliphatic carboxylic acids is 1. The van der Waals surface area contributed by atoms with Crippen LogP contribution in [0, 0.1) is 19.8 Å². The van der Waals surface area contributed by atoms with Crippen molar-refractivity contribution in [3.63, 3.8) is 0 Å². The number of aryl methyl sites for hydroxylation is 2. The molecule has 1 aliphatic rings. The van der Waals surface area contributed by atoms with Crippen molar-refractivity contribution >= 4 is 17.6 Å². The van der Waals surface area contributed by atoms with Crippen LogP contribution in [0.2, 0.25) is 0 Å². The average molecular weight is 219 g/mol. The molecule has 4 heteroatoms. The number of hydrogen-bond acceptors (Lipinski definition) is 2. The van der Waals surface area contributed by atoms with Crippen molar-refractivity contribution in [2.24, 2.45) is 5.92 Å². The maximum absolute atomic E-state index is 11.6. The molecule has 0 aromatic heterocycles. The van der Waals surface area contributed by atoms with E-state index in [0.29, 0.717) is 0 Å². The van der Waals surface area contributed by atoms with Gasteiger partial charge in [-0.05, 0) is 31.0 Å². The Hall–Kier alpha value is -1.84. The largest absolute Gasteiger partial charge is 0.481 e. The van der Waals surface area contributed by atoms with Gasteiger partial charge in [0, 0.05) is 12.2 Å². The molecule has 1 N–H and O–H groups in total. The minimum atomic E-state index is -1.04. The zero-order valence-electron chi connectivity index (χ0n) is 9.23. The molecule has 2 rings (SSSR count). The van der Waals surface area contributed by atoms with Crippen molar-refractivity contribution in [1.82, 2.24) is 0 Å². The Bertz CT molecular complexity index is 467. The molecule has 4 nitrogen and oxygen atoms in total. The Morgan fingerprint density at radius 1 is 1.44 bits per heavy atom. The molecule has 1 aromatic carbocycles. The molecular formula is C12H13NO3. The van der Waals surface area contributed by atoms with Crippen molar-refractivity contribution in [3.05, 3.63) is 29.3 Å². The van der Waals surface area contributed by atoms with Crippen LogP contribution in [-0.4, -0.2) is 23.5 Å². The van der Waals surface area contributed by atoms with Gasteiger partial charge in [0.25, 0.3) is 0 Å². The monoisotopic (exact) mass is 219 g/mol. The number of nitrogens with zero attached hydrogens (tertiary/aromatic N) is 1. The maximum atomic E-state index is 11.6. The van der Waals surface area contributed by atoms with E-state index in [2.05, 4.69) is 0 Å². The molecule has 1 aromatic rings. The highest BCUT2D eigenvalue weighted by atomic mass is 16.4. The van der Waals surface area contributed by atoms with Gasteiger partial charge in [-0.25, -0.2) is 0 Å². The van der Waals surface area contributed by atoms with Crippen LogP contribution in [0.4, 0.5) is 5.69 Å². The Labute approximate surface area is 93.5 Å². The van der Waals surface area contributed by atoms with E-state index in [1.54, 1.807) is 0 Å². The quantitative estimate of drug-likeness (QED) is 0.603. The Kier molecular flexibility index (Phi) is 2.42. The second kappa shape index (κ2) is 3.63. The lowest BCUT2D eigenvalue weighted by molar-refractivity contribution is -0.149. The van der Waals surface area contributed by atoms with Crippen LogP contribution in [0.15, 0.2) is 18.2 Å². The number of carboxylic acids is 1. The van der Waals surface area contributed by atoms with Gasteiger partial charge in [-0.15, -0.1) is 0 Å². The van der Waals surface area contributed by atoms with Crippen molar-refractivity contribution in [3.8, 4) is 0 Å². The second-order valence-corrected chi connectivity index (χ2v) is 4.13. The van der Waals surface area contributed by atoms with E-state index < -0.39 is 11.9 Å². The molecule has 0 saturated carbocycles. The number of rotatable bonds is 2. The van der Waals surface area contributed by atoms with E-state index in [1.807, 2.05) is 32.0 Å². The van der Waals surface area contributed by atoms with Gasteiger partial charge in [0.05, 0.1) is 0 Å². The molecule has 1 saturated heterocycles. The summed E-state index contributed by atoms with van der Waals surface area (Å²) in [5.41, 5.74) is 2.87. The van der Waals surface area contributed by atoms with Crippen LogP contribution < -0.4 is 4.90 Å². The average Bonchev–Trinajstić information content (AvgIpc) is 2.20. The Morgan fingerprint density at radius 2 is 2.12 bits per heavy atom. The van der Waals surface area contributed by atoms with Gasteiger partial charge >= 0.3 is 5.97 Å². The fourth-order valence-corrected chi connectivity index (χ4v) is 1.84. The number of amides is 1. The number of anilines is 1. The van der Waals surface area contributed by atoms with Gasteiger partial charge in [-0.1, -0.05) is 12.1 Å². The Balaban J connectivity index is 2.25. The molecule has 1 aliphatic heterocycles. The summed E-state index contributed by atoms with van der Waals surface area (Å²) in [6, 6.07) is 5.81. The molecule has 84 valence electrons. The molecular weight excluding hydrogens is 206 g/mol. The first kappa shape index (κ1) is 10.7. The van der Waals surface area contributed by atoms with E-state index in [4.69, 9.17) is 5.11 Å². The minimum absolute atomic E-state index is 0.276. The van der Waals surface area contributed by atoms with Gasteiger partial charge < -0.3 is 10.0 Å². The summed E-state index contributed by atoms with van der Waals surface area (Å²) in [4.78, 5) is 23.8. The molecule has 1 amide bonds.